The maximum atomic E-state index is 12.4. The lowest BCUT2D eigenvalue weighted by molar-refractivity contribution is -0.130. The Bertz CT molecular complexity index is 500. The summed E-state index contributed by atoms with van der Waals surface area (Å²) in [5.41, 5.74) is 5.71. The molecule has 5 aliphatic rings. The normalized spacial score (nSPS) is 38.8. The topological polar surface area (TPSA) is 87.5 Å². The van der Waals surface area contributed by atoms with Gasteiger partial charge in [-0.05, 0) is 75.2 Å². The molecule has 140 valence electrons. The van der Waals surface area contributed by atoms with E-state index in [1.54, 1.807) is 0 Å². The highest BCUT2D eigenvalue weighted by Crippen LogP contribution is 2.55. The maximum absolute atomic E-state index is 12.4. The first-order valence-electron chi connectivity index (χ1n) is 10.1. The number of likely N-dealkylation sites (tertiary alicyclic amines) is 1. The van der Waals surface area contributed by atoms with Crippen molar-refractivity contribution in [1.82, 2.24) is 15.5 Å². The molecule has 0 aromatic heterocycles. The van der Waals surface area contributed by atoms with Crippen molar-refractivity contribution in [2.75, 3.05) is 26.2 Å². The van der Waals surface area contributed by atoms with Gasteiger partial charge in [-0.3, -0.25) is 4.79 Å². The number of urea groups is 1. The van der Waals surface area contributed by atoms with Gasteiger partial charge in [0.2, 0.25) is 5.91 Å². The predicted molar refractivity (Wildman–Crippen MR) is 95.8 cm³/mol. The molecule has 1 heterocycles. The van der Waals surface area contributed by atoms with E-state index in [1.807, 2.05) is 4.90 Å². The minimum Gasteiger partial charge on any atom is -0.342 e. The fourth-order valence-corrected chi connectivity index (χ4v) is 6.24. The van der Waals surface area contributed by atoms with Crippen molar-refractivity contribution in [2.24, 2.45) is 29.4 Å². The Morgan fingerprint density at radius 1 is 1.08 bits per heavy atom. The van der Waals surface area contributed by atoms with Gasteiger partial charge in [0.25, 0.3) is 0 Å². The lowest BCUT2D eigenvalue weighted by Gasteiger charge is -2.56. The van der Waals surface area contributed by atoms with Crippen molar-refractivity contribution in [3.05, 3.63) is 0 Å². The monoisotopic (exact) mass is 348 g/mol. The molecule has 4 saturated carbocycles. The summed E-state index contributed by atoms with van der Waals surface area (Å²) >= 11 is 0. The largest absolute Gasteiger partial charge is 0.342 e. The summed E-state index contributed by atoms with van der Waals surface area (Å²) in [5.74, 6) is 3.03. The van der Waals surface area contributed by atoms with Crippen molar-refractivity contribution in [3.63, 3.8) is 0 Å². The molecule has 0 aromatic rings. The molecule has 0 spiro atoms. The Balaban J connectivity index is 1.20. The summed E-state index contributed by atoms with van der Waals surface area (Å²) < 4.78 is 0. The van der Waals surface area contributed by atoms with Crippen molar-refractivity contribution in [3.8, 4) is 0 Å². The van der Waals surface area contributed by atoms with Crippen molar-refractivity contribution >= 4 is 11.9 Å². The van der Waals surface area contributed by atoms with Gasteiger partial charge >= 0.3 is 6.03 Å². The zero-order valence-corrected chi connectivity index (χ0v) is 15.1. The molecule has 1 unspecified atom stereocenters. The van der Waals surface area contributed by atoms with Crippen LogP contribution in [0.1, 0.15) is 51.4 Å². The van der Waals surface area contributed by atoms with Gasteiger partial charge in [0.15, 0.2) is 0 Å². The smallest absolute Gasteiger partial charge is 0.315 e. The SMILES string of the molecule is NCC1CCN(C(=O)CCNC(=O)NC23CC4CC(CC(C4)C2)C3)C1. The van der Waals surface area contributed by atoms with Gasteiger partial charge in [-0.2, -0.15) is 0 Å². The van der Waals surface area contributed by atoms with E-state index >= 15 is 0 Å². The number of hydrogen-bond donors (Lipinski definition) is 3. The molecule has 3 amide bonds. The molecule has 4 aliphatic carbocycles. The average molecular weight is 348 g/mol. The summed E-state index contributed by atoms with van der Waals surface area (Å²) in [4.78, 5) is 26.5. The van der Waals surface area contributed by atoms with E-state index in [2.05, 4.69) is 10.6 Å². The highest BCUT2D eigenvalue weighted by atomic mass is 16.2. The average Bonchev–Trinajstić information content (AvgIpc) is 3.02. The van der Waals surface area contributed by atoms with Crippen LogP contribution in [-0.4, -0.2) is 48.6 Å². The van der Waals surface area contributed by atoms with Crippen LogP contribution in [0.2, 0.25) is 0 Å². The molecule has 25 heavy (non-hydrogen) atoms. The Labute approximate surface area is 150 Å². The molecule has 6 nitrogen and oxygen atoms in total. The Morgan fingerprint density at radius 3 is 2.28 bits per heavy atom. The lowest BCUT2D eigenvalue weighted by atomic mass is 9.53. The Morgan fingerprint density at radius 2 is 1.72 bits per heavy atom. The zero-order chi connectivity index (χ0) is 17.4. The van der Waals surface area contributed by atoms with E-state index in [0.717, 1.165) is 56.5 Å². The number of hydrogen-bond acceptors (Lipinski definition) is 3. The van der Waals surface area contributed by atoms with Gasteiger partial charge in [0, 0.05) is 31.6 Å². The molecule has 5 fully saturated rings. The summed E-state index contributed by atoms with van der Waals surface area (Å²) in [7, 11) is 0. The minimum absolute atomic E-state index is 0.0339. The van der Waals surface area contributed by atoms with Crippen LogP contribution < -0.4 is 16.4 Å². The fourth-order valence-electron chi connectivity index (χ4n) is 6.24. The first-order chi connectivity index (χ1) is 12.0. The Kier molecular flexibility index (Phi) is 4.65. The Hall–Kier alpha value is -1.30. The van der Waals surface area contributed by atoms with E-state index in [0.29, 0.717) is 25.4 Å². The van der Waals surface area contributed by atoms with Crippen LogP contribution >= 0.6 is 0 Å². The lowest BCUT2D eigenvalue weighted by Crippen LogP contribution is -2.61. The van der Waals surface area contributed by atoms with E-state index < -0.39 is 0 Å². The number of nitrogens with zero attached hydrogens (tertiary/aromatic N) is 1. The zero-order valence-electron chi connectivity index (χ0n) is 15.1. The van der Waals surface area contributed by atoms with E-state index in [1.165, 1.54) is 19.3 Å². The molecule has 1 aliphatic heterocycles. The molecule has 4 bridgehead atoms. The number of rotatable bonds is 5. The van der Waals surface area contributed by atoms with Crippen LogP contribution in [0, 0.1) is 23.7 Å². The van der Waals surface area contributed by atoms with Crippen LogP contribution in [0.25, 0.3) is 0 Å². The minimum atomic E-state index is -0.0870. The molecule has 4 N–H and O–H groups in total. The number of nitrogens with two attached hydrogens (primary N) is 1. The molecule has 6 heteroatoms. The molecule has 5 rings (SSSR count). The van der Waals surface area contributed by atoms with E-state index in [9.17, 15) is 9.59 Å². The van der Waals surface area contributed by atoms with Crippen LogP contribution in [0.5, 0.6) is 0 Å². The van der Waals surface area contributed by atoms with Crippen molar-refractivity contribution < 1.29 is 9.59 Å². The highest BCUT2D eigenvalue weighted by Gasteiger charge is 2.51. The molecule has 1 saturated heterocycles. The van der Waals surface area contributed by atoms with Crippen LogP contribution in [0.15, 0.2) is 0 Å². The van der Waals surface area contributed by atoms with Gasteiger partial charge in [-0.25, -0.2) is 4.79 Å². The van der Waals surface area contributed by atoms with Crippen LogP contribution in [0.3, 0.4) is 0 Å². The van der Waals surface area contributed by atoms with Gasteiger partial charge < -0.3 is 21.3 Å². The standard InChI is InChI=1S/C19H32N4O2/c20-11-13-2-4-23(12-13)17(24)1-3-21-18(25)22-19-8-14-5-15(9-19)7-16(6-14)10-19/h13-16H,1-12,20H2,(H2,21,22,25). The molecular formula is C19H32N4O2. The molecule has 0 aromatic carbocycles. The maximum Gasteiger partial charge on any atom is 0.315 e. The third-order valence-corrected chi connectivity index (χ3v) is 7.01. The summed E-state index contributed by atoms with van der Waals surface area (Å²) in [6, 6.07) is -0.0870. The number of carbonyl (C=O) groups is 2. The second-order valence-electron chi connectivity index (χ2n) is 9.06. The number of nitrogens with one attached hydrogen (secondary N) is 2. The summed E-state index contributed by atoms with van der Waals surface area (Å²) in [5, 5.41) is 6.21. The van der Waals surface area contributed by atoms with Crippen LogP contribution in [0.4, 0.5) is 4.79 Å². The fraction of sp³-hybridized carbons (Fsp3) is 0.895. The van der Waals surface area contributed by atoms with Gasteiger partial charge in [-0.1, -0.05) is 0 Å². The molecular weight excluding hydrogens is 316 g/mol. The van der Waals surface area contributed by atoms with Crippen molar-refractivity contribution in [2.45, 2.75) is 56.9 Å². The van der Waals surface area contributed by atoms with Gasteiger partial charge in [0.1, 0.15) is 0 Å². The number of amides is 3. The first kappa shape index (κ1) is 17.1. The van der Waals surface area contributed by atoms with Crippen molar-refractivity contribution in [1.29, 1.82) is 0 Å². The molecule has 1 atom stereocenters. The third-order valence-electron chi connectivity index (χ3n) is 7.01. The summed E-state index contributed by atoms with van der Waals surface area (Å²) in [6.07, 6.45) is 8.95. The number of carbonyl (C=O) groups excluding carboxylic acids is 2. The van der Waals surface area contributed by atoms with Gasteiger partial charge in [-0.15, -0.1) is 0 Å². The second kappa shape index (κ2) is 6.78. The van der Waals surface area contributed by atoms with Crippen LogP contribution in [-0.2, 0) is 4.79 Å². The highest BCUT2D eigenvalue weighted by molar-refractivity contribution is 5.78. The van der Waals surface area contributed by atoms with Gasteiger partial charge in [0.05, 0.1) is 0 Å². The van der Waals surface area contributed by atoms with E-state index in [-0.39, 0.29) is 17.5 Å². The van der Waals surface area contributed by atoms with E-state index in [4.69, 9.17) is 5.73 Å². The third kappa shape index (κ3) is 3.64. The summed E-state index contributed by atoms with van der Waals surface area (Å²) in [6.45, 7) is 2.64. The quantitative estimate of drug-likeness (QED) is 0.703. The molecule has 0 radical (unpaired) electrons. The first-order valence-corrected chi connectivity index (χ1v) is 10.1. The predicted octanol–water partition coefficient (Wildman–Crippen LogP) is 1.45. The second-order valence-corrected chi connectivity index (χ2v) is 9.06.